The highest BCUT2D eigenvalue weighted by atomic mass is 19.4. The van der Waals surface area contributed by atoms with Crippen molar-refractivity contribution < 1.29 is 23.0 Å². The van der Waals surface area contributed by atoms with Crippen LogP contribution in [0, 0.1) is 0 Å². The third kappa shape index (κ3) is 2.42. The zero-order valence-electron chi connectivity index (χ0n) is 10.2. The van der Waals surface area contributed by atoms with Crippen LogP contribution in [0.4, 0.5) is 13.2 Å². The molecule has 19 heavy (non-hydrogen) atoms. The smallest absolute Gasteiger partial charge is 0.442 e. The quantitative estimate of drug-likeness (QED) is 0.897. The normalized spacial score (nSPS) is 16.5. The standard InChI is InChI=1S/C12H13F3N2O2/c1-19-10-7-9(5-4-8(10)3-2-6-18)11(16-17-11)12(13,14)15/h4-5,7,18H,2-3,6H2,1H3. The van der Waals surface area contributed by atoms with Gasteiger partial charge in [-0.1, -0.05) is 12.1 Å². The third-order valence-corrected chi connectivity index (χ3v) is 2.99. The average molecular weight is 274 g/mol. The SMILES string of the molecule is COc1cc(C2(C(F)(F)F)N=N2)ccc1CCCO. The zero-order valence-corrected chi connectivity index (χ0v) is 10.2. The molecule has 0 saturated carbocycles. The highest BCUT2D eigenvalue weighted by Gasteiger charge is 2.65. The molecule has 0 bridgehead atoms. The summed E-state index contributed by atoms with van der Waals surface area (Å²) in [6, 6.07) is 4.21. The molecule has 4 nitrogen and oxygen atoms in total. The van der Waals surface area contributed by atoms with E-state index in [0.29, 0.717) is 18.6 Å². The molecular formula is C12H13F3N2O2. The van der Waals surface area contributed by atoms with Crippen molar-refractivity contribution >= 4 is 0 Å². The maximum absolute atomic E-state index is 12.9. The summed E-state index contributed by atoms with van der Waals surface area (Å²) in [6.45, 7) is 0.0159. The highest BCUT2D eigenvalue weighted by molar-refractivity contribution is 5.42. The van der Waals surface area contributed by atoms with Crippen molar-refractivity contribution in [3.63, 3.8) is 0 Å². The Hall–Kier alpha value is -1.63. The fourth-order valence-electron chi connectivity index (χ4n) is 1.88. The summed E-state index contributed by atoms with van der Waals surface area (Å²) >= 11 is 0. The van der Waals surface area contributed by atoms with Crippen molar-refractivity contribution in [2.45, 2.75) is 24.7 Å². The van der Waals surface area contributed by atoms with E-state index in [2.05, 4.69) is 10.2 Å². The van der Waals surface area contributed by atoms with Crippen LogP contribution in [0.5, 0.6) is 5.75 Å². The molecule has 7 heteroatoms. The van der Waals surface area contributed by atoms with Gasteiger partial charge in [0.05, 0.1) is 7.11 Å². The monoisotopic (exact) mass is 274 g/mol. The minimum atomic E-state index is -4.54. The lowest BCUT2D eigenvalue weighted by Gasteiger charge is -2.17. The van der Waals surface area contributed by atoms with Crippen LogP contribution in [0.15, 0.2) is 28.4 Å². The van der Waals surface area contributed by atoms with E-state index in [9.17, 15) is 13.2 Å². The number of ether oxygens (including phenoxy) is 1. The Morgan fingerprint density at radius 1 is 1.32 bits per heavy atom. The van der Waals surface area contributed by atoms with Crippen LogP contribution in [0.2, 0.25) is 0 Å². The molecule has 1 aromatic rings. The van der Waals surface area contributed by atoms with Gasteiger partial charge in [0.2, 0.25) is 0 Å². The summed E-state index contributed by atoms with van der Waals surface area (Å²) in [5, 5.41) is 15.1. The number of rotatable bonds is 5. The van der Waals surface area contributed by atoms with Gasteiger partial charge in [0.15, 0.2) is 0 Å². The molecule has 0 saturated heterocycles. The van der Waals surface area contributed by atoms with Crippen LogP contribution >= 0.6 is 0 Å². The van der Waals surface area contributed by atoms with E-state index >= 15 is 0 Å². The number of methoxy groups -OCH3 is 1. The molecule has 0 aromatic heterocycles. The molecule has 0 spiro atoms. The summed E-state index contributed by atoms with van der Waals surface area (Å²) in [7, 11) is 1.39. The number of hydrogen-bond acceptors (Lipinski definition) is 4. The fraction of sp³-hybridized carbons (Fsp3) is 0.500. The molecular weight excluding hydrogens is 261 g/mol. The Bertz CT molecular complexity index is 494. The molecule has 0 amide bonds. The fourth-order valence-corrected chi connectivity index (χ4v) is 1.88. The third-order valence-electron chi connectivity index (χ3n) is 2.99. The molecule has 2 rings (SSSR count). The summed E-state index contributed by atoms with van der Waals surface area (Å²) in [6.07, 6.45) is -3.48. The van der Waals surface area contributed by atoms with Crippen LogP contribution in [-0.4, -0.2) is 25.0 Å². The molecule has 0 radical (unpaired) electrons. The Morgan fingerprint density at radius 2 is 2.00 bits per heavy atom. The number of aliphatic hydroxyl groups is 1. The number of hydrogen-bond donors (Lipinski definition) is 1. The molecule has 0 atom stereocenters. The summed E-state index contributed by atoms with van der Waals surface area (Å²) in [4.78, 5) is 0. The number of benzene rings is 1. The first kappa shape index (κ1) is 13.8. The van der Waals surface area contributed by atoms with E-state index in [4.69, 9.17) is 9.84 Å². The second-order valence-electron chi connectivity index (χ2n) is 4.22. The van der Waals surface area contributed by atoms with Gasteiger partial charge in [-0.2, -0.15) is 13.2 Å². The maximum atomic E-state index is 12.9. The molecule has 0 fully saturated rings. The van der Waals surface area contributed by atoms with Gasteiger partial charge in [0.1, 0.15) is 5.75 Å². The Kier molecular flexibility index (Phi) is 3.49. The first-order chi connectivity index (χ1) is 8.94. The van der Waals surface area contributed by atoms with Crippen molar-refractivity contribution in [2.75, 3.05) is 13.7 Å². The maximum Gasteiger partial charge on any atom is 0.442 e. The molecule has 1 aliphatic rings. The molecule has 1 aliphatic heterocycles. The van der Waals surface area contributed by atoms with Gasteiger partial charge in [-0.3, -0.25) is 0 Å². The topological polar surface area (TPSA) is 54.2 Å². The van der Waals surface area contributed by atoms with E-state index in [1.165, 1.54) is 19.2 Å². The van der Waals surface area contributed by atoms with Gasteiger partial charge in [0, 0.05) is 12.2 Å². The first-order valence-electron chi connectivity index (χ1n) is 5.73. The second-order valence-corrected chi connectivity index (χ2v) is 4.22. The predicted octanol–water partition coefficient (Wildman–Crippen LogP) is 2.80. The van der Waals surface area contributed by atoms with Gasteiger partial charge in [-0.15, -0.1) is 10.2 Å². The lowest BCUT2D eigenvalue weighted by molar-refractivity contribution is -0.166. The number of aryl methyl sites for hydroxylation is 1. The van der Waals surface area contributed by atoms with Crippen LogP contribution in [0.25, 0.3) is 0 Å². The van der Waals surface area contributed by atoms with Crippen molar-refractivity contribution in [1.29, 1.82) is 0 Å². The van der Waals surface area contributed by atoms with Gasteiger partial charge in [-0.25, -0.2) is 0 Å². The van der Waals surface area contributed by atoms with E-state index in [0.717, 1.165) is 5.56 Å². The number of halogens is 3. The number of aliphatic hydroxyl groups excluding tert-OH is 1. The zero-order chi connectivity index (χ0) is 14.1. The molecule has 1 N–H and O–H groups in total. The predicted molar refractivity (Wildman–Crippen MR) is 61.0 cm³/mol. The first-order valence-corrected chi connectivity index (χ1v) is 5.73. The Labute approximate surface area is 107 Å². The van der Waals surface area contributed by atoms with Crippen LogP contribution in [-0.2, 0) is 12.1 Å². The van der Waals surface area contributed by atoms with Gasteiger partial charge < -0.3 is 9.84 Å². The minimum absolute atomic E-state index is 0.0159. The van der Waals surface area contributed by atoms with Gasteiger partial charge in [-0.05, 0) is 24.5 Å². The van der Waals surface area contributed by atoms with Crippen molar-refractivity contribution in [1.82, 2.24) is 0 Å². The van der Waals surface area contributed by atoms with Gasteiger partial charge in [0.25, 0.3) is 0 Å². The molecule has 0 aliphatic carbocycles. The lowest BCUT2D eigenvalue weighted by Crippen LogP contribution is -2.30. The molecule has 1 aromatic carbocycles. The summed E-state index contributed by atoms with van der Waals surface area (Å²) in [5.74, 6) is 0.354. The van der Waals surface area contributed by atoms with Crippen molar-refractivity contribution in [3.8, 4) is 5.75 Å². The van der Waals surface area contributed by atoms with E-state index in [-0.39, 0.29) is 12.2 Å². The van der Waals surface area contributed by atoms with E-state index in [1.54, 1.807) is 6.07 Å². The molecule has 104 valence electrons. The van der Waals surface area contributed by atoms with Crippen LogP contribution in [0.3, 0.4) is 0 Å². The highest BCUT2D eigenvalue weighted by Crippen LogP contribution is 2.52. The van der Waals surface area contributed by atoms with Crippen molar-refractivity contribution in [3.05, 3.63) is 29.3 Å². The van der Waals surface area contributed by atoms with Crippen molar-refractivity contribution in [2.24, 2.45) is 10.2 Å². The molecule has 0 unspecified atom stereocenters. The second kappa shape index (κ2) is 4.80. The Balaban J connectivity index is 2.30. The minimum Gasteiger partial charge on any atom is -0.496 e. The lowest BCUT2D eigenvalue weighted by atomic mass is 9.99. The average Bonchev–Trinajstić information content (AvgIpc) is 3.17. The molecule has 1 heterocycles. The Morgan fingerprint density at radius 3 is 2.47 bits per heavy atom. The number of nitrogens with zero attached hydrogens (tertiary/aromatic N) is 2. The number of alkyl halides is 3. The summed E-state index contributed by atoms with van der Waals surface area (Å²) < 4.78 is 43.7. The largest absolute Gasteiger partial charge is 0.496 e. The summed E-state index contributed by atoms with van der Waals surface area (Å²) in [5.41, 5.74) is -1.72. The van der Waals surface area contributed by atoms with E-state index in [1.807, 2.05) is 0 Å². The van der Waals surface area contributed by atoms with Crippen LogP contribution < -0.4 is 4.74 Å². The van der Waals surface area contributed by atoms with Crippen LogP contribution in [0.1, 0.15) is 17.5 Å². The van der Waals surface area contributed by atoms with E-state index < -0.39 is 11.8 Å². The van der Waals surface area contributed by atoms with Gasteiger partial charge >= 0.3 is 11.8 Å².